The summed E-state index contributed by atoms with van der Waals surface area (Å²) in [5, 5.41) is 2.82. The van der Waals surface area contributed by atoms with Crippen LogP contribution in [0, 0.1) is 0 Å². The van der Waals surface area contributed by atoms with Gasteiger partial charge in [-0.3, -0.25) is 4.79 Å². The van der Waals surface area contributed by atoms with Crippen LogP contribution in [0.1, 0.15) is 25.6 Å². The molecule has 0 aliphatic heterocycles. The maximum atomic E-state index is 11.5. The summed E-state index contributed by atoms with van der Waals surface area (Å²) >= 11 is 4.83. The Balaban J connectivity index is 2.49. The van der Waals surface area contributed by atoms with E-state index in [4.69, 9.17) is 18.0 Å². The van der Waals surface area contributed by atoms with E-state index in [0.29, 0.717) is 12.4 Å². The van der Waals surface area contributed by atoms with Crippen molar-refractivity contribution in [3.8, 4) is 0 Å². The topological polar surface area (TPSA) is 72.9 Å². The van der Waals surface area contributed by atoms with E-state index < -0.39 is 0 Å². The van der Waals surface area contributed by atoms with E-state index in [1.807, 2.05) is 0 Å². The third-order valence-corrected chi connectivity index (χ3v) is 2.28. The summed E-state index contributed by atoms with van der Waals surface area (Å²) in [5.74, 6) is 0.421. The summed E-state index contributed by atoms with van der Waals surface area (Å²) < 4.78 is 1.64. The Hall–Kier alpha value is -1.43. The highest BCUT2D eigenvalue weighted by Crippen LogP contribution is 1.97. The Morgan fingerprint density at radius 2 is 2.44 bits per heavy atom. The van der Waals surface area contributed by atoms with Crippen molar-refractivity contribution in [1.29, 1.82) is 0 Å². The van der Waals surface area contributed by atoms with Gasteiger partial charge in [-0.05, 0) is 6.42 Å². The molecule has 16 heavy (non-hydrogen) atoms. The third kappa shape index (κ3) is 3.62. The van der Waals surface area contributed by atoms with Crippen LogP contribution >= 0.6 is 12.2 Å². The van der Waals surface area contributed by atoms with Gasteiger partial charge in [0.1, 0.15) is 11.5 Å². The number of carbonyl (C=O) groups excluding carboxylic acids is 1. The van der Waals surface area contributed by atoms with Crippen LogP contribution in [0.2, 0.25) is 0 Å². The summed E-state index contributed by atoms with van der Waals surface area (Å²) in [5.41, 5.74) is 5.47. The van der Waals surface area contributed by atoms with Crippen molar-refractivity contribution in [2.45, 2.75) is 26.3 Å². The molecule has 0 saturated carbocycles. The number of carbonyl (C=O) groups is 1. The van der Waals surface area contributed by atoms with Gasteiger partial charge in [-0.2, -0.15) is 0 Å². The summed E-state index contributed by atoms with van der Waals surface area (Å²) in [6, 6.07) is 0. The largest absolute Gasteiger partial charge is 0.387 e. The van der Waals surface area contributed by atoms with Crippen LogP contribution in [-0.2, 0) is 11.3 Å². The predicted octanol–water partition coefficient (Wildman–Crippen LogP) is 0.434. The molecule has 1 rings (SSSR count). The van der Waals surface area contributed by atoms with E-state index >= 15 is 0 Å². The van der Waals surface area contributed by atoms with Crippen LogP contribution in [0.15, 0.2) is 12.4 Å². The molecule has 0 saturated heterocycles. The minimum atomic E-state index is -0.0519. The van der Waals surface area contributed by atoms with Gasteiger partial charge in [0.2, 0.25) is 5.91 Å². The lowest BCUT2D eigenvalue weighted by molar-refractivity contribution is -0.121. The molecule has 0 radical (unpaired) electrons. The fourth-order valence-corrected chi connectivity index (χ4v) is 1.45. The number of hydrogen-bond acceptors (Lipinski definition) is 3. The van der Waals surface area contributed by atoms with Crippen molar-refractivity contribution < 1.29 is 4.79 Å². The quantitative estimate of drug-likeness (QED) is 0.559. The van der Waals surface area contributed by atoms with Crippen LogP contribution in [0.4, 0.5) is 0 Å². The molecule has 0 fully saturated rings. The van der Waals surface area contributed by atoms with Gasteiger partial charge in [-0.25, -0.2) is 4.98 Å². The molecule has 3 N–H and O–H groups in total. The Morgan fingerprint density at radius 3 is 3.06 bits per heavy atom. The summed E-state index contributed by atoms with van der Waals surface area (Å²) in [6.45, 7) is 2.98. The first kappa shape index (κ1) is 12.6. The zero-order chi connectivity index (χ0) is 12.0. The number of imidazole rings is 1. The van der Waals surface area contributed by atoms with Crippen LogP contribution in [-0.4, -0.2) is 27.0 Å². The van der Waals surface area contributed by atoms with Crippen molar-refractivity contribution in [2.24, 2.45) is 5.73 Å². The second kappa shape index (κ2) is 6.22. The number of nitrogens with zero attached hydrogens (tertiary/aromatic N) is 2. The van der Waals surface area contributed by atoms with E-state index in [0.717, 1.165) is 12.8 Å². The first-order valence-corrected chi connectivity index (χ1v) is 5.63. The number of nitrogens with one attached hydrogen (secondary N) is 1. The lowest BCUT2D eigenvalue weighted by Crippen LogP contribution is -2.30. The second-order valence-electron chi connectivity index (χ2n) is 3.45. The Labute approximate surface area is 100 Å². The zero-order valence-corrected chi connectivity index (χ0v) is 10.1. The number of thiocarbonyl (C=S) groups is 1. The normalized spacial score (nSPS) is 10.1. The van der Waals surface area contributed by atoms with Gasteiger partial charge in [-0.15, -0.1) is 0 Å². The molecular formula is C10H16N4OS. The first-order chi connectivity index (χ1) is 7.65. The van der Waals surface area contributed by atoms with E-state index in [1.54, 1.807) is 17.0 Å². The average molecular weight is 240 g/mol. The number of amides is 1. The Kier molecular flexibility index (Phi) is 4.91. The molecule has 0 spiro atoms. The molecule has 0 aliphatic rings. The SMILES string of the molecule is CCCCNC(=O)Cn1ccnc1C(N)=S. The predicted molar refractivity (Wildman–Crippen MR) is 66.0 cm³/mol. The minimum Gasteiger partial charge on any atom is -0.387 e. The molecule has 0 aliphatic carbocycles. The highest BCUT2D eigenvalue weighted by molar-refractivity contribution is 7.80. The second-order valence-corrected chi connectivity index (χ2v) is 3.89. The molecule has 0 unspecified atom stereocenters. The van der Waals surface area contributed by atoms with E-state index in [2.05, 4.69) is 17.2 Å². The van der Waals surface area contributed by atoms with Gasteiger partial charge in [0.15, 0.2) is 5.82 Å². The molecule has 1 aromatic heterocycles. The Morgan fingerprint density at radius 1 is 1.69 bits per heavy atom. The van der Waals surface area contributed by atoms with E-state index in [1.165, 1.54) is 0 Å². The van der Waals surface area contributed by atoms with Crippen molar-refractivity contribution in [2.75, 3.05) is 6.54 Å². The van der Waals surface area contributed by atoms with E-state index in [-0.39, 0.29) is 17.4 Å². The standard InChI is InChI=1S/C10H16N4OS/c1-2-3-4-12-8(15)7-14-6-5-13-10(14)9(11)16/h5-6H,2-4,7H2,1H3,(H2,11,16)(H,12,15). The number of hydrogen-bond donors (Lipinski definition) is 2. The molecular weight excluding hydrogens is 224 g/mol. The van der Waals surface area contributed by atoms with Crippen LogP contribution in [0.3, 0.4) is 0 Å². The lowest BCUT2D eigenvalue weighted by Gasteiger charge is -2.07. The smallest absolute Gasteiger partial charge is 0.239 e. The summed E-state index contributed by atoms with van der Waals surface area (Å²) in [7, 11) is 0. The number of unbranched alkanes of at least 4 members (excludes halogenated alkanes) is 1. The highest BCUT2D eigenvalue weighted by atomic mass is 32.1. The van der Waals surface area contributed by atoms with Gasteiger partial charge in [-0.1, -0.05) is 25.6 Å². The average Bonchev–Trinajstić information content (AvgIpc) is 2.66. The summed E-state index contributed by atoms with van der Waals surface area (Å²) in [6.07, 6.45) is 5.31. The van der Waals surface area contributed by atoms with Gasteiger partial charge in [0.25, 0.3) is 0 Å². The minimum absolute atomic E-state index is 0.0519. The van der Waals surface area contributed by atoms with Gasteiger partial charge in [0.05, 0.1) is 0 Å². The fourth-order valence-electron chi connectivity index (χ4n) is 1.28. The molecule has 88 valence electrons. The molecule has 1 amide bonds. The van der Waals surface area contributed by atoms with Gasteiger partial charge in [0, 0.05) is 18.9 Å². The maximum Gasteiger partial charge on any atom is 0.239 e. The number of rotatable bonds is 6. The maximum absolute atomic E-state index is 11.5. The van der Waals surface area contributed by atoms with Gasteiger partial charge < -0.3 is 15.6 Å². The molecule has 5 nitrogen and oxygen atoms in total. The number of aromatic nitrogens is 2. The lowest BCUT2D eigenvalue weighted by atomic mass is 10.3. The Bertz CT molecular complexity index is 375. The van der Waals surface area contributed by atoms with Crippen molar-refractivity contribution in [3.05, 3.63) is 18.2 Å². The molecule has 1 heterocycles. The molecule has 6 heteroatoms. The molecule has 0 aromatic carbocycles. The molecule has 1 aromatic rings. The van der Waals surface area contributed by atoms with Crippen LogP contribution in [0.25, 0.3) is 0 Å². The summed E-state index contributed by atoms with van der Waals surface area (Å²) in [4.78, 5) is 15.7. The fraction of sp³-hybridized carbons (Fsp3) is 0.500. The molecule has 0 bridgehead atoms. The van der Waals surface area contributed by atoms with Crippen molar-refractivity contribution >= 4 is 23.1 Å². The van der Waals surface area contributed by atoms with Crippen molar-refractivity contribution in [3.63, 3.8) is 0 Å². The molecule has 0 atom stereocenters. The number of nitrogens with two attached hydrogens (primary N) is 1. The van der Waals surface area contributed by atoms with Crippen LogP contribution < -0.4 is 11.1 Å². The van der Waals surface area contributed by atoms with E-state index in [9.17, 15) is 4.79 Å². The highest BCUT2D eigenvalue weighted by Gasteiger charge is 2.08. The van der Waals surface area contributed by atoms with Crippen molar-refractivity contribution in [1.82, 2.24) is 14.9 Å². The van der Waals surface area contributed by atoms with Crippen LogP contribution in [0.5, 0.6) is 0 Å². The third-order valence-electron chi connectivity index (χ3n) is 2.10. The monoisotopic (exact) mass is 240 g/mol. The van der Waals surface area contributed by atoms with Gasteiger partial charge >= 0.3 is 0 Å². The zero-order valence-electron chi connectivity index (χ0n) is 9.27. The first-order valence-electron chi connectivity index (χ1n) is 5.22.